The van der Waals surface area contributed by atoms with Gasteiger partial charge in [-0.05, 0) is 112 Å². The highest BCUT2D eigenvalue weighted by Crippen LogP contribution is 2.85. The Bertz CT molecular complexity index is 1780. The molecule has 1 saturated carbocycles. The lowest BCUT2D eigenvalue weighted by atomic mass is 9.31. The van der Waals surface area contributed by atoms with Crippen LogP contribution in [0.15, 0.2) is 53.5 Å². The van der Waals surface area contributed by atoms with Crippen molar-refractivity contribution in [3.05, 3.63) is 70.1 Å². The number of aryl methyl sites for hydroxylation is 1. The number of piperidine rings is 2. The predicted octanol–water partition coefficient (Wildman–Crippen LogP) is 8.93. The van der Waals surface area contributed by atoms with Gasteiger partial charge in [0.1, 0.15) is 11.2 Å². The van der Waals surface area contributed by atoms with Crippen LogP contribution < -0.4 is 5.73 Å². The summed E-state index contributed by atoms with van der Waals surface area (Å²) in [4.78, 5) is 35.4. The van der Waals surface area contributed by atoms with E-state index in [1.807, 2.05) is 0 Å². The normalized spacial score (nSPS) is 39.9. The van der Waals surface area contributed by atoms with Gasteiger partial charge in [-0.1, -0.05) is 89.8 Å². The molecular formula is C48H67N3O4. The van der Waals surface area contributed by atoms with Crippen molar-refractivity contribution in [1.29, 1.82) is 0 Å². The standard InChI is InChI=1S/C48H67N3O4/c1-6-9-37-16-18-42-47-20-19-36(38-22-31(4)15-17-40(38)51-28-33-24-34(29-51)27-50(37)26-33)25-46(47,45(53)54-42)41(23-32(5)14-13-30(2)3)48(47)39-12-7-10-35(11-8-21-49)43(39)44(52)55-48/h7,10,12,17-18,25,30-34,37-38,41H,6,8-9,11,13-16,19-24,26-29,49H2,1-5H3/b42-18+/t31-,32-,33-,34+,37-,38-,41+,46+,47-,48-/m1/s1. The first-order chi connectivity index (χ1) is 26.6. The monoisotopic (exact) mass is 750 g/mol. The molecule has 0 amide bonds. The number of hydrogen-bond acceptors (Lipinski definition) is 7. The zero-order valence-corrected chi connectivity index (χ0v) is 34.4. The average Bonchev–Trinajstić information content (AvgIpc) is 3.61. The van der Waals surface area contributed by atoms with Crippen LogP contribution in [0.3, 0.4) is 0 Å². The molecule has 8 heterocycles. The van der Waals surface area contributed by atoms with E-state index in [4.69, 9.17) is 15.2 Å². The van der Waals surface area contributed by atoms with Crippen LogP contribution in [0, 0.1) is 52.3 Å². The Kier molecular flexibility index (Phi) is 9.71. The van der Waals surface area contributed by atoms with Crippen molar-refractivity contribution in [3.63, 3.8) is 0 Å². The summed E-state index contributed by atoms with van der Waals surface area (Å²) in [6.45, 7) is 16.8. The number of hydrogen-bond donors (Lipinski definition) is 1. The number of ether oxygens (including phenoxy) is 2. The lowest BCUT2D eigenvalue weighted by Crippen LogP contribution is -2.75. The molecule has 1 unspecified atom stereocenters. The first-order valence-corrected chi connectivity index (χ1v) is 22.5. The largest absolute Gasteiger partial charge is 0.449 e. The van der Waals surface area contributed by atoms with E-state index < -0.39 is 16.4 Å². The third-order valence-corrected chi connectivity index (χ3v) is 15.9. The fourth-order valence-electron chi connectivity index (χ4n) is 13.7. The van der Waals surface area contributed by atoms with E-state index in [1.54, 1.807) is 0 Å². The molecule has 3 aliphatic carbocycles. The summed E-state index contributed by atoms with van der Waals surface area (Å²) in [7, 11) is 0. The maximum absolute atomic E-state index is 15.3. The fraction of sp³-hybridized carbons (Fsp3) is 0.708. The molecule has 2 N–H and O–H groups in total. The molecule has 2 spiro atoms. The number of fused-ring (bicyclic) bond motifs is 2. The second-order valence-corrected chi connectivity index (χ2v) is 19.9. The Morgan fingerprint density at radius 2 is 1.80 bits per heavy atom. The first kappa shape index (κ1) is 37.7. The number of benzene rings is 1. The van der Waals surface area contributed by atoms with Gasteiger partial charge in [0.2, 0.25) is 0 Å². The van der Waals surface area contributed by atoms with E-state index in [0.717, 1.165) is 126 Å². The van der Waals surface area contributed by atoms with Crippen LogP contribution in [-0.4, -0.2) is 60.5 Å². The lowest BCUT2D eigenvalue weighted by Gasteiger charge is -2.69. The van der Waals surface area contributed by atoms with Gasteiger partial charge < -0.3 is 20.1 Å². The number of carbonyl (C=O) groups excluding carboxylic acids is 2. The maximum atomic E-state index is 15.3. The molecule has 11 atom stereocenters. The van der Waals surface area contributed by atoms with Gasteiger partial charge >= 0.3 is 11.9 Å². The molecule has 1 aromatic rings. The average molecular weight is 750 g/mol. The molecule has 8 bridgehead atoms. The summed E-state index contributed by atoms with van der Waals surface area (Å²) >= 11 is 0. The lowest BCUT2D eigenvalue weighted by molar-refractivity contribution is -0.274. The molecule has 298 valence electrons. The summed E-state index contributed by atoms with van der Waals surface area (Å²) in [5.74, 6) is 3.46. The minimum Gasteiger partial charge on any atom is -0.449 e. The summed E-state index contributed by atoms with van der Waals surface area (Å²) in [5.41, 5.74) is 9.09. The molecule has 12 rings (SSSR count). The summed E-state index contributed by atoms with van der Waals surface area (Å²) in [5, 5.41) is 0. The number of carbonyl (C=O) groups is 2. The van der Waals surface area contributed by atoms with Crippen molar-refractivity contribution in [2.24, 2.45) is 58.0 Å². The quantitative estimate of drug-likeness (QED) is 0.189. The van der Waals surface area contributed by atoms with E-state index in [0.29, 0.717) is 48.1 Å². The Morgan fingerprint density at radius 3 is 2.55 bits per heavy atom. The van der Waals surface area contributed by atoms with Gasteiger partial charge in [-0.2, -0.15) is 0 Å². The smallest absolute Gasteiger partial charge is 0.339 e. The third kappa shape index (κ3) is 5.54. The highest BCUT2D eigenvalue weighted by molar-refractivity contribution is 5.99. The molecule has 1 aromatic carbocycles. The molecule has 7 heteroatoms. The van der Waals surface area contributed by atoms with Gasteiger partial charge in [-0.3, -0.25) is 9.69 Å². The van der Waals surface area contributed by atoms with E-state index in [9.17, 15) is 4.79 Å². The number of nitrogens with two attached hydrogens (primary N) is 1. The highest BCUT2D eigenvalue weighted by Gasteiger charge is 2.91. The first-order valence-electron chi connectivity index (χ1n) is 22.5. The Hall–Kier alpha value is -2.90. The zero-order valence-electron chi connectivity index (χ0n) is 34.4. The van der Waals surface area contributed by atoms with E-state index in [-0.39, 0.29) is 17.9 Å². The number of esters is 2. The minimum absolute atomic E-state index is 0.109. The second kappa shape index (κ2) is 14.2. The van der Waals surface area contributed by atoms with Crippen molar-refractivity contribution < 1.29 is 19.1 Å². The van der Waals surface area contributed by atoms with Crippen LogP contribution in [0.1, 0.15) is 133 Å². The van der Waals surface area contributed by atoms with Crippen LogP contribution in [-0.2, 0) is 26.3 Å². The molecule has 8 aliphatic heterocycles. The number of allylic oxidation sites excluding steroid dienone is 2. The Morgan fingerprint density at radius 1 is 1.00 bits per heavy atom. The molecule has 4 fully saturated rings. The number of nitrogens with zero attached hydrogens (tertiary/aromatic N) is 2. The van der Waals surface area contributed by atoms with Crippen LogP contribution in [0.25, 0.3) is 0 Å². The summed E-state index contributed by atoms with van der Waals surface area (Å²) in [6.07, 6.45) is 20.3. The predicted molar refractivity (Wildman–Crippen MR) is 217 cm³/mol. The molecule has 55 heavy (non-hydrogen) atoms. The van der Waals surface area contributed by atoms with Crippen molar-refractivity contribution in [3.8, 4) is 0 Å². The second-order valence-electron chi connectivity index (χ2n) is 19.9. The van der Waals surface area contributed by atoms with Crippen LogP contribution in [0.5, 0.6) is 0 Å². The molecular weight excluding hydrogens is 683 g/mol. The minimum atomic E-state index is -0.960. The summed E-state index contributed by atoms with van der Waals surface area (Å²) in [6, 6.07) is 6.77. The van der Waals surface area contributed by atoms with Gasteiger partial charge in [0.15, 0.2) is 5.60 Å². The molecule has 0 aromatic heterocycles. The van der Waals surface area contributed by atoms with Crippen molar-refractivity contribution in [2.45, 2.75) is 130 Å². The molecule has 11 aliphatic rings. The van der Waals surface area contributed by atoms with Crippen molar-refractivity contribution in [1.82, 2.24) is 9.80 Å². The zero-order chi connectivity index (χ0) is 38.3. The summed E-state index contributed by atoms with van der Waals surface area (Å²) < 4.78 is 13.9. The number of rotatable bonds is 10. The Balaban J connectivity index is 1.26. The molecule has 0 radical (unpaired) electrons. The molecule has 3 saturated heterocycles. The van der Waals surface area contributed by atoms with Gasteiger partial charge in [-0.15, -0.1) is 0 Å². The van der Waals surface area contributed by atoms with E-state index >= 15 is 4.79 Å². The van der Waals surface area contributed by atoms with Gasteiger partial charge in [0.25, 0.3) is 0 Å². The SMILES string of the molecule is CCC[C@@H]1C/C=C2/OC(=O)[C@@]34C=C(CC[C@@]23[C@]2(OC(=O)c3c(CCCN)cccc32)[C@H]4C[C@H](C)CCC(C)C)[C@H]2C[C@H](C)CC=C2N2C[C@H]3C[C@@H](C2)CN1C3. The van der Waals surface area contributed by atoms with Crippen molar-refractivity contribution in [2.75, 3.05) is 32.7 Å². The maximum Gasteiger partial charge on any atom is 0.339 e. The topological polar surface area (TPSA) is 85.1 Å². The van der Waals surface area contributed by atoms with E-state index in [1.165, 1.54) is 17.7 Å². The Labute approximate surface area is 330 Å². The van der Waals surface area contributed by atoms with Gasteiger partial charge in [0.05, 0.1) is 11.0 Å². The van der Waals surface area contributed by atoms with E-state index in [2.05, 4.69) is 80.8 Å². The van der Waals surface area contributed by atoms with Gasteiger partial charge in [0, 0.05) is 55.3 Å². The molecule has 7 nitrogen and oxygen atoms in total. The van der Waals surface area contributed by atoms with Crippen LogP contribution in [0.2, 0.25) is 0 Å². The third-order valence-electron chi connectivity index (χ3n) is 15.9. The van der Waals surface area contributed by atoms with Crippen LogP contribution in [0.4, 0.5) is 0 Å². The van der Waals surface area contributed by atoms with Crippen LogP contribution >= 0.6 is 0 Å². The van der Waals surface area contributed by atoms with Crippen molar-refractivity contribution >= 4 is 11.9 Å². The highest BCUT2D eigenvalue weighted by atomic mass is 16.6. The van der Waals surface area contributed by atoms with Gasteiger partial charge in [-0.25, -0.2) is 4.79 Å². The fourth-order valence-corrected chi connectivity index (χ4v) is 13.7.